The predicted molar refractivity (Wildman–Crippen MR) is 88.9 cm³/mol. The highest BCUT2D eigenvalue weighted by molar-refractivity contribution is 5.89. The molecule has 4 N–H and O–H groups in total. The van der Waals surface area contributed by atoms with Gasteiger partial charge in [-0.3, -0.25) is 14.7 Å². The number of rotatable bonds is 3. The second-order valence-electron chi connectivity index (χ2n) is 6.75. The van der Waals surface area contributed by atoms with E-state index in [1.54, 1.807) is 18.4 Å². The Kier molecular flexibility index (Phi) is 3.84. The number of carbonyl (C=O) groups is 1. The fourth-order valence-corrected chi connectivity index (χ4v) is 3.37. The van der Waals surface area contributed by atoms with Gasteiger partial charge in [0.25, 0.3) is 0 Å². The Morgan fingerprint density at radius 3 is 2.81 bits per heavy atom. The van der Waals surface area contributed by atoms with E-state index in [0.29, 0.717) is 11.2 Å². The molecule has 2 aliphatic heterocycles. The van der Waals surface area contributed by atoms with E-state index in [0.717, 1.165) is 0 Å². The maximum Gasteiger partial charge on any atom is 0.233 e. The number of nitrogens with one attached hydrogen (secondary N) is 1. The maximum absolute atomic E-state index is 11.3. The number of fused-ring (bicyclic) bond motifs is 2. The van der Waals surface area contributed by atoms with Gasteiger partial charge >= 0.3 is 0 Å². The van der Waals surface area contributed by atoms with E-state index in [-0.39, 0.29) is 24.3 Å². The molecule has 0 saturated carbocycles. The monoisotopic (exact) mass is 364 g/mol. The summed E-state index contributed by atoms with van der Waals surface area (Å²) in [5.41, 5.74) is 6.70. The van der Waals surface area contributed by atoms with Gasteiger partial charge in [0.15, 0.2) is 23.5 Å². The first kappa shape index (κ1) is 17.1. The van der Waals surface area contributed by atoms with Crippen LogP contribution in [-0.2, 0) is 19.0 Å². The lowest BCUT2D eigenvalue weighted by Crippen LogP contribution is -2.31. The van der Waals surface area contributed by atoms with Crippen molar-refractivity contribution in [2.75, 3.05) is 17.7 Å². The van der Waals surface area contributed by atoms with Crippen LogP contribution in [0.1, 0.15) is 27.0 Å². The largest absolute Gasteiger partial charge is 0.394 e. The van der Waals surface area contributed by atoms with E-state index < -0.39 is 30.3 Å². The molecule has 4 rings (SSSR count). The summed E-state index contributed by atoms with van der Waals surface area (Å²) in [6.07, 6.45) is -0.531. The molecule has 0 aromatic carbocycles. The lowest BCUT2D eigenvalue weighted by molar-refractivity contribution is -0.199. The minimum Gasteiger partial charge on any atom is -0.394 e. The minimum absolute atomic E-state index is 0.0708. The van der Waals surface area contributed by atoms with E-state index in [1.165, 1.54) is 13.3 Å². The molecule has 2 aromatic heterocycles. The van der Waals surface area contributed by atoms with Crippen LogP contribution >= 0.6 is 0 Å². The molecular weight excluding hydrogens is 344 g/mol. The standard InChI is InChI=1S/C15H20N6O5/c1-6(23)18-14-19-11(16)8-12(20-14)21(5-17-8)13-10-9(7(4-22)24-13)25-15(2,3)26-10/h5,7,9-10,13,22H,4H2,1-3H3,(H3,16,18,19,20,23)/t7-,9-,10-,13-/m1/s1. The highest BCUT2D eigenvalue weighted by atomic mass is 16.8. The summed E-state index contributed by atoms with van der Waals surface area (Å²) in [5, 5.41) is 12.1. The third-order valence-corrected chi connectivity index (χ3v) is 4.32. The molecule has 0 spiro atoms. The molecule has 1 amide bonds. The van der Waals surface area contributed by atoms with E-state index in [4.69, 9.17) is 19.9 Å². The van der Waals surface area contributed by atoms with Crippen LogP contribution in [0.3, 0.4) is 0 Å². The number of amides is 1. The van der Waals surface area contributed by atoms with Gasteiger partial charge in [-0.25, -0.2) is 4.98 Å². The minimum atomic E-state index is -0.795. The smallest absolute Gasteiger partial charge is 0.233 e. The van der Waals surface area contributed by atoms with Crippen LogP contribution in [0.4, 0.5) is 11.8 Å². The van der Waals surface area contributed by atoms with E-state index in [1.807, 2.05) is 0 Å². The average molecular weight is 364 g/mol. The maximum atomic E-state index is 11.3. The summed E-state index contributed by atoms with van der Waals surface area (Å²) in [5.74, 6) is -0.908. The fourth-order valence-electron chi connectivity index (χ4n) is 3.37. The Labute approximate surface area is 148 Å². The van der Waals surface area contributed by atoms with Crippen molar-refractivity contribution in [2.24, 2.45) is 0 Å². The van der Waals surface area contributed by atoms with Gasteiger partial charge < -0.3 is 25.1 Å². The zero-order valence-electron chi connectivity index (χ0n) is 14.5. The van der Waals surface area contributed by atoms with Crippen molar-refractivity contribution in [3.05, 3.63) is 6.33 Å². The van der Waals surface area contributed by atoms with Crippen LogP contribution < -0.4 is 11.1 Å². The van der Waals surface area contributed by atoms with E-state index in [9.17, 15) is 9.90 Å². The number of ether oxygens (including phenoxy) is 3. The molecule has 4 heterocycles. The number of anilines is 2. The molecule has 0 bridgehead atoms. The molecule has 0 aliphatic carbocycles. The van der Waals surface area contributed by atoms with Gasteiger partial charge in [0.2, 0.25) is 11.9 Å². The number of carbonyl (C=O) groups excluding carboxylic acids is 1. The van der Waals surface area contributed by atoms with Crippen LogP contribution in [0, 0.1) is 0 Å². The molecule has 2 aromatic rings. The summed E-state index contributed by atoms with van der Waals surface area (Å²) < 4.78 is 19.4. The summed E-state index contributed by atoms with van der Waals surface area (Å²) in [6, 6.07) is 0. The van der Waals surface area contributed by atoms with Crippen LogP contribution in [0.25, 0.3) is 11.2 Å². The summed E-state index contributed by atoms with van der Waals surface area (Å²) >= 11 is 0. The van der Waals surface area contributed by atoms with Gasteiger partial charge in [-0.05, 0) is 13.8 Å². The van der Waals surface area contributed by atoms with Gasteiger partial charge in [-0.15, -0.1) is 0 Å². The quantitative estimate of drug-likeness (QED) is 0.672. The number of nitrogens with two attached hydrogens (primary N) is 1. The molecule has 2 fully saturated rings. The molecule has 140 valence electrons. The first-order chi connectivity index (χ1) is 12.3. The van der Waals surface area contributed by atoms with Crippen molar-refractivity contribution in [2.45, 2.75) is 51.1 Å². The van der Waals surface area contributed by atoms with Crippen molar-refractivity contribution >= 4 is 28.8 Å². The zero-order chi connectivity index (χ0) is 18.6. The Balaban J connectivity index is 1.76. The van der Waals surface area contributed by atoms with Crippen molar-refractivity contribution in [1.82, 2.24) is 19.5 Å². The Hall–Kier alpha value is -2.34. The lowest BCUT2D eigenvalue weighted by Gasteiger charge is -2.24. The molecular formula is C15H20N6O5. The molecule has 0 unspecified atom stereocenters. The van der Waals surface area contributed by atoms with Gasteiger partial charge in [-0.1, -0.05) is 0 Å². The highest BCUT2D eigenvalue weighted by Crippen LogP contribution is 2.43. The van der Waals surface area contributed by atoms with Crippen LogP contribution in [0.15, 0.2) is 6.33 Å². The molecule has 11 heteroatoms. The second kappa shape index (κ2) is 5.84. The molecule has 4 atom stereocenters. The van der Waals surface area contributed by atoms with Crippen molar-refractivity contribution in [3.8, 4) is 0 Å². The highest BCUT2D eigenvalue weighted by Gasteiger charge is 2.56. The predicted octanol–water partition coefficient (Wildman–Crippen LogP) is -0.223. The topological polar surface area (TPSA) is 147 Å². The fraction of sp³-hybridized carbons (Fsp3) is 0.600. The molecule has 2 aliphatic rings. The molecule has 26 heavy (non-hydrogen) atoms. The number of aliphatic hydroxyl groups is 1. The summed E-state index contributed by atoms with van der Waals surface area (Å²) in [6.45, 7) is 4.75. The zero-order valence-corrected chi connectivity index (χ0v) is 14.5. The number of aromatic nitrogens is 4. The number of hydrogen-bond acceptors (Lipinski definition) is 9. The van der Waals surface area contributed by atoms with Gasteiger partial charge in [0.1, 0.15) is 23.8 Å². The molecule has 2 saturated heterocycles. The number of nitrogen functional groups attached to an aromatic ring is 1. The Bertz CT molecular complexity index is 868. The SMILES string of the molecule is CC(=O)Nc1nc(N)c2ncn([C@@H]3O[C@H](CO)[C@H]4OC(C)(C)O[C@H]43)c2n1. The van der Waals surface area contributed by atoms with E-state index in [2.05, 4.69) is 20.3 Å². The van der Waals surface area contributed by atoms with Crippen molar-refractivity contribution < 1.29 is 24.1 Å². The van der Waals surface area contributed by atoms with Gasteiger partial charge in [0.05, 0.1) is 12.9 Å². The first-order valence-electron chi connectivity index (χ1n) is 8.18. The van der Waals surface area contributed by atoms with Crippen molar-refractivity contribution in [3.63, 3.8) is 0 Å². The Morgan fingerprint density at radius 1 is 1.38 bits per heavy atom. The normalized spacial score (nSPS) is 29.8. The second-order valence-corrected chi connectivity index (χ2v) is 6.75. The van der Waals surface area contributed by atoms with E-state index >= 15 is 0 Å². The first-order valence-corrected chi connectivity index (χ1v) is 8.18. The average Bonchev–Trinajstić information content (AvgIpc) is 3.17. The van der Waals surface area contributed by atoms with Gasteiger partial charge in [-0.2, -0.15) is 9.97 Å². The summed E-state index contributed by atoms with van der Waals surface area (Å²) in [4.78, 5) is 23.9. The molecule has 11 nitrogen and oxygen atoms in total. The third kappa shape index (κ3) is 2.69. The van der Waals surface area contributed by atoms with Crippen molar-refractivity contribution in [1.29, 1.82) is 0 Å². The van der Waals surface area contributed by atoms with Crippen LogP contribution in [-0.4, -0.2) is 61.2 Å². The van der Waals surface area contributed by atoms with Gasteiger partial charge in [0, 0.05) is 6.92 Å². The van der Waals surface area contributed by atoms with Crippen LogP contribution in [0.2, 0.25) is 0 Å². The lowest BCUT2D eigenvalue weighted by atomic mass is 10.1. The third-order valence-electron chi connectivity index (χ3n) is 4.32. The Morgan fingerprint density at radius 2 is 2.12 bits per heavy atom. The summed E-state index contributed by atoms with van der Waals surface area (Å²) in [7, 11) is 0. The number of nitrogens with zero attached hydrogens (tertiary/aromatic N) is 4. The number of imidazole rings is 1. The molecule has 0 radical (unpaired) electrons. The van der Waals surface area contributed by atoms with Crippen LogP contribution in [0.5, 0.6) is 0 Å². The number of hydrogen-bond donors (Lipinski definition) is 3. The number of aliphatic hydroxyl groups excluding tert-OH is 1.